The molecule has 0 radical (unpaired) electrons. The van der Waals surface area contributed by atoms with E-state index < -0.39 is 0 Å². The summed E-state index contributed by atoms with van der Waals surface area (Å²) < 4.78 is 0. The van der Waals surface area contributed by atoms with Crippen molar-refractivity contribution in [3.05, 3.63) is 61.8 Å². The quantitative estimate of drug-likeness (QED) is 0.686. The van der Waals surface area contributed by atoms with Crippen LogP contribution in [-0.4, -0.2) is 15.0 Å². The molecule has 0 bridgehead atoms. The van der Waals surface area contributed by atoms with E-state index in [2.05, 4.69) is 52.9 Å². The second-order valence-corrected chi connectivity index (χ2v) is 7.84. The molecule has 1 atom stereocenters. The number of hydrogen-bond acceptors (Lipinski definition) is 6. The Hall–Kier alpha value is -1.63. The molecule has 3 heterocycles. The Kier molecular flexibility index (Phi) is 5.71. The van der Waals surface area contributed by atoms with Crippen LogP contribution in [-0.2, 0) is 19.4 Å². The van der Waals surface area contributed by atoms with Crippen LogP contribution in [0.2, 0.25) is 0 Å². The number of aromatic nitrogens is 3. The summed E-state index contributed by atoms with van der Waals surface area (Å²) in [5, 5.41) is 9.13. The van der Waals surface area contributed by atoms with Gasteiger partial charge in [0, 0.05) is 35.8 Å². The zero-order valence-electron chi connectivity index (χ0n) is 14.2. The van der Waals surface area contributed by atoms with E-state index in [9.17, 15) is 0 Å². The zero-order chi connectivity index (χ0) is 16.9. The maximum Gasteiger partial charge on any atom is 0.127 e. The highest BCUT2D eigenvalue weighted by Gasteiger charge is 2.17. The fourth-order valence-corrected chi connectivity index (χ4v) is 4.11. The molecule has 24 heavy (non-hydrogen) atoms. The number of nitrogens with one attached hydrogen (secondary N) is 1. The van der Waals surface area contributed by atoms with Crippen LogP contribution in [0.25, 0.3) is 0 Å². The molecule has 0 fully saturated rings. The van der Waals surface area contributed by atoms with Gasteiger partial charge in [0.25, 0.3) is 0 Å². The summed E-state index contributed by atoms with van der Waals surface area (Å²) in [6, 6.07) is 2.40. The molecule has 0 aliphatic carbocycles. The molecule has 0 saturated heterocycles. The molecule has 0 amide bonds. The molecule has 0 aliphatic heterocycles. The van der Waals surface area contributed by atoms with Crippen molar-refractivity contribution in [3.63, 3.8) is 0 Å². The number of nitrogens with zero attached hydrogens (tertiary/aromatic N) is 3. The maximum absolute atomic E-state index is 4.76. The summed E-state index contributed by atoms with van der Waals surface area (Å²) in [5.74, 6) is 0.889. The number of aryl methyl sites for hydroxylation is 3. The first-order chi connectivity index (χ1) is 11.7. The lowest BCUT2D eigenvalue weighted by molar-refractivity contribution is 0.526. The molecule has 4 nitrogen and oxygen atoms in total. The summed E-state index contributed by atoms with van der Waals surface area (Å²) in [6.07, 6.45) is 5.65. The number of thiazole rings is 1. The summed E-state index contributed by atoms with van der Waals surface area (Å²) in [7, 11) is 0. The van der Waals surface area contributed by atoms with E-state index in [0.29, 0.717) is 0 Å². The maximum atomic E-state index is 4.76. The van der Waals surface area contributed by atoms with E-state index in [4.69, 9.17) is 4.98 Å². The lowest BCUT2D eigenvalue weighted by Crippen LogP contribution is -2.23. The van der Waals surface area contributed by atoms with Gasteiger partial charge in [-0.15, -0.1) is 11.3 Å². The molecule has 3 aromatic heterocycles. The van der Waals surface area contributed by atoms with Crippen LogP contribution in [0.1, 0.15) is 45.5 Å². The summed E-state index contributed by atoms with van der Waals surface area (Å²) in [6.45, 7) is 7.03. The molecule has 1 unspecified atom stereocenters. The van der Waals surface area contributed by atoms with E-state index in [0.717, 1.165) is 41.5 Å². The molecule has 3 rings (SSSR count). The minimum atomic E-state index is 0.211. The largest absolute Gasteiger partial charge is 0.303 e. The van der Waals surface area contributed by atoms with E-state index in [-0.39, 0.29) is 6.04 Å². The van der Waals surface area contributed by atoms with Crippen molar-refractivity contribution < 1.29 is 0 Å². The molecule has 0 aromatic carbocycles. The van der Waals surface area contributed by atoms with Gasteiger partial charge in [-0.1, -0.05) is 6.92 Å². The van der Waals surface area contributed by atoms with Crippen molar-refractivity contribution in [1.29, 1.82) is 0 Å². The number of thiophene rings is 1. The highest BCUT2D eigenvalue weighted by molar-refractivity contribution is 7.11. The third-order valence-electron chi connectivity index (χ3n) is 3.99. The number of hydrogen-bond donors (Lipinski definition) is 1. The van der Waals surface area contributed by atoms with Gasteiger partial charge in [0.2, 0.25) is 0 Å². The molecular weight excluding hydrogens is 336 g/mol. The van der Waals surface area contributed by atoms with E-state index in [1.807, 2.05) is 12.4 Å². The van der Waals surface area contributed by atoms with Gasteiger partial charge in [0.15, 0.2) is 0 Å². The first kappa shape index (κ1) is 17.2. The normalized spacial score (nSPS) is 12.5. The SMILES string of the molecule is CCc1ncc(CNC(Cc2ccsc2)c2nc(C)c(C)s2)cn1. The van der Waals surface area contributed by atoms with Gasteiger partial charge in [-0.3, -0.25) is 0 Å². The smallest absolute Gasteiger partial charge is 0.127 e. The van der Waals surface area contributed by atoms with Crippen molar-refractivity contribution in [2.75, 3.05) is 0 Å². The van der Waals surface area contributed by atoms with Crippen molar-refractivity contribution in [2.24, 2.45) is 0 Å². The van der Waals surface area contributed by atoms with Crippen molar-refractivity contribution in [2.45, 2.75) is 46.2 Å². The highest BCUT2D eigenvalue weighted by atomic mass is 32.1. The molecule has 1 N–H and O–H groups in total. The molecule has 3 aromatic rings. The van der Waals surface area contributed by atoms with Gasteiger partial charge in [0.05, 0.1) is 11.7 Å². The van der Waals surface area contributed by atoms with E-state index >= 15 is 0 Å². The van der Waals surface area contributed by atoms with Crippen LogP contribution < -0.4 is 5.32 Å². The Morgan fingerprint density at radius 2 is 1.96 bits per heavy atom. The molecule has 6 heteroatoms. The van der Waals surface area contributed by atoms with Gasteiger partial charge >= 0.3 is 0 Å². The molecule has 0 aliphatic rings. The minimum Gasteiger partial charge on any atom is -0.303 e. The van der Waals surface area contributed by atoms with Crippen molar-refractivity contribution in [1.82, 2.24) is 20.3 Å². The van der Waals surface area contributed by atoms with Gasteiger partial charge in [-0.2, -0.15) is 11.3 Å². The van der Waals surface area contributed by atoms with Crippen LogP contribution in [0, 0.1) is 13.8 Å². The predicted octanol–water partition coefficient (Wildman–Crippen LogP) is 4.25. The van der Waals surface area contributed by atoms with Crippen molar-refractivity contribution >= 4 is 22.7 Å². The van der Waals surface area contributed by atoms with Crippen molar-refractivity contribution in [3.8, 4) is 0 Å². The van der Waals surface area contributed by atoms with Crippen LogP contribution in [0.3, 0.4) is 0 Å². The third kappa shape index (κ3) is 4.26. The average Bonchev–Trinajstić information content (AvgIpc) is 3.22. The number of rotatable bonds is 7. The van der Waals surface area contributed by atoms with Gasteiger partial charge < -0.3 is 5.32 Å². The van der Waals surface area contributed by atoms with Crippen LogP contribution in [0.15, 0.2) is 29.2 Å². The summed E-state index contributed by atoms with van der Waals surface area (Å²) >= 11 is 3.52. The lowest BCUT2D eigenvalue weighted by atomic mass is 10.1. The monoisotopic (exact) mass is 358 g/mol. The summed E-state index contributed by atoms with van der Waals surface area (Å²) in [4.78, 5) is 14.8. The van der Waals surface area contributed by atoms with Crippen LogP contribution in [0.5, 0.6) is 0 Å². The highest BCUT2D eigenvalue weighted by Crippen LogP contribution is 2.26. The lowest BCUT2D eigenvalue weighted by Gasteiger charge is -2.16. The Balaban J connectivity index is 1.73. The first-order valence-corrected chi connectivity index (χ1v) is 9.89. The molecule has 0 saturated carbocycles. The minimum absolute atomic E-state index is 0.211. The van der Waals surface area contributed by atoms with E-state index in [1.165, 1.54) is 10.4 Å². The van der Waals surface area contributed by atoms with Gasteiger partial charge in [-0.05, 0) is 42.7 Å². The van der Waals surface area contributed by atoms with Gasteiger partial charge in [-0.25, -0.2) is 15.0 Å². The molecule has 126 valence electrons. The molecular formula is C18H22N4S2. The fourth-order valence-electron chi connectivity index (χ4n) is 2.43. The molecule has 0 spiro atoms. The van der Waals surface area contributed by atoms with Crippen LogP contribution >= 0.6 is 22.7 Å². The Labute approximate surface area is 151 Å². The van der Waals surface area contributed by atoms with E-state index in [1.54, 1.807) is 22.7 Å². The fraction of sp³-hybridized carbons (Fsp3) is 0.389. The average molecular weight is 359 g/mol. The topological polar surface area (TPSA) is 50.7 Å². The predicted molar refractivity (Wildman–Crippen MR) is 101 cm³/mol. The Morgan fingerprint density at radius 1 is 1.17 bits per heavy atom. The second-order valence-electron chi connectivity index (χ2n) is 5.82. The summed E-state index contributed by atoms with van der Waals surface area (Å²) in [5.41, 5.74) is 3.58. The van der Waals surface area contributed by atoms with Gasteiger partial charge in [0.1, 0.15) is 10.8 Å². The second kappa shape index (κ2) is 7.96. The first-order valence-electron chi connectivity index (χ1n) is 8.14. The zero-order valence-corrected chi connectivity index (χ0v) is 15.9. The third-order valence-corrected chi connectivity index (χ3v) is 5.91. The van der Waals surface area contributed by atoms with Crippen LogP contribution in [0.4, 0.5) is 0 Å². The standard InChI is InChI=1S/C18H22N4S2/c1-4-17-20-9-15(10-21-17)8-19-16(7-14-5-6-23-11-14)18-22-12(2)13(3)24-18/h5-6,9-11,16,19H,4,7-8H2,1-3H3. The Bertz CT molecular complexity index is 743. The Morgan fingerprint density at radius 3 is 2.54 bits per heavy atom.